The second-order valence-corrected chi connectivity index (χ2v) is 4.56. The van der Waals surface area contributed by atoms with Crippen LogP contribution < -0.4 is 0 Å². The normalized spacial score (nSPS) is 33.7. The molecule has 0 spiro atoms. The van der Waals surface area contributed by atoms with Gasteiger partial charge in [0.05, 0.1) is 0 Å². The standard InChI is InChI=1S/C14H18O6/c1-17-13-7-3-9(15)11(19-13)5-6-12-10(16)4-8-14(18-2)20-12/h3-4,7-8,11-14H,5-6H2,1-2H3/t11-,12+,13+,14-. The van der Waals surface area contributed by atoms with Gasteiger partial charge in [-0.1, -0.05) is 0 Å². The Bertz CT molecular complexity index is 387. The first-order chi connectivity index (χ1) is 9.63. The van der Waals surface area contributed by atoms with Crippen LogP contribution in [0.2, 0.25) is 0 Å². The highest BCUT2D eigenvalue weighted by Gasteiger charge is 2.30. The molecule has 0 saturated heterocycles. The fourth-order valence-electron chi connectivity index (χ4n) is 2.10. The zero-order chi connectivity index (χ0) is 14.5. The molecule has 4 atom stereocenters. The highest BCUT2D eigenvalue weighted by molar-refractivity contribution is 5.95. The molecular weight excluding hydrogens is 264 g/mol. The van der Waals surface area contributed by atoms with Crippen molar-refractivity contribution in [3.05, 3.63) is 24.3 Å². The summed E-state index contributed by atoms with van der Waals surface area (Å²) in [5.41, 5.74) is 0. The van der Waals surface area contributed by atoms with Crippen molar-refractivity contribution < 1.29 is 28.5 Å². The summed E-state index contributed by atoms with van der Waals surface area (Å²) in [5.74, 6) is -0.249. The molecule has 0 aromatic heterocycles. The summed E-state index contributed by atoms with van der Waals surface area (Å²) in [7, 11) is 3.01. The molecule has 0 bridgehead atoms. The van der Waals surface area contributed by atoms with E-state index < -0.39 is 24.8 Å². The predicted molar refractivity (Wildman–Crippen MR) is 68.9 cm³/mol. The van der Waals surface area contributed by atoms with Crippen molar-refractivity contribution in [3.63, 3.8) is 0 Å². The summed E-state index contributed by atoms with van der Waals surface area (Å²) in [6.45, 7) is 0. The van der Waals surface area contributed by atoms with Crippen LogP contribution in [-0.4, -0.2) is 50.6 Å². The van der Waals surface area contributed by atoms with Crippen LogP contribution in [0.4, 0.5) is 0 Å². The van der Waals surface area contributed by atoms with Crippen molar-refractivity contribution in [3.8, 4) is 0 Å². The molecule has 0 amide bonds. The molecule has 6 heteroatoms. The first-order valence-electron chi connectivity index (χ1n) is 6.44. The van der Waals surface area contributed by atoms with Gasteiger partial charge in [-0.25, -0.2) is 0 Å². The summed E-state index contributed by atoms with van der Waals surface area (Å²) in [4.78, 5) is 23.4. The summed E-state index contributed by atoms with van der Waals surface area (Å²) in [6.07, 6.45) is 4.55. The van der Waals surface area contributed by atoms with Gasteiger partial charge >= 0.3 is 0 Å². The van der Waals surface area contributed by atoms with Crippen LogP contribution in [0.5, 0.6) is 0 Å². The van der Waals surface area contributed by atoms with Gasteiger partial charge < -0.3 is 18.9 Å². The molecule has 2 heterocycles. The van der Waals surface area contributed by atoms with Crippen molar-refractivity contribution in [2.75, 3.05) is 14.2 Å². The third-order valence-corrected chi connectivity index (χ3v) is 3.22. The van der Waals surface area contributed by atoms with Crippen LogP contribution in [0.15, 0.2) is 24.3 Å². The third kappa shape index (κ3) is 3.61. The Kier molecular flexibility index (Phi) is 5.19. The molecule has 2 rings (SSSR count). The highest BCUT2D eigenvalue weighted by atomic mass is 16.7. The molecule has 110 valence electrons. The van der Waals surface area contributed by atoms with Gasteiger partial charge in [-0.2, -0.15) is 0 Å². The summed E-state index contributed by atoms with van der Waals surface area (Å²) >= 11 is 0. The van der Waals surface area contributed by atoms with E-state index in [1.54, 1.807) is 12.2 Å². The van der Waals surface area contributed by atoms with Gasteiger partial charge in [-0.3, -0.25) is 9.59 Å². The monoisotopic (exact) mass is 282 g/mol. The van der Waals surface area contributed by atoms with Gasteiger partial charge in [0, 0.05) is 14.2 Å². The maximum Gasteiger partial charge on any atom is 0.184 e. The fraction of sp³-hybridized carbons (Fsp3) is 0.571. The van der Waals surface area contributed by atoms with Crippen LogP contribution >= 0.6 is 0 Å². The molecule has 0 aromatic rings. The minimum absolute atomic E-state index is 0.125. The van der Waals surface area contributed by atoms with E-state index in [2.05, 4.69) is 0 Å². The topological polar surface area (TPSA) is 71.1 Å². The van der Waals surface area contributed by atoms with Gasteiger partial charge in [0.1, 0.15) is 12.2 Å². The molecule has 0 aliphatic carbocycles. The Labute approximate surface area is 117 Å². The molecule has 0 unspecified atom stereocenters. The Balaban J connectivity index is 1.88. The minimum Gasteiger partial charge on any atom is -0.352 e. The van der Waals surface area contributed by atoms with E-state index in [0.29, 0.717) is 12.8 Å². The second kappa shape index (κ2) is 6.90. The van der Waals surface area contributed by atoms with Gasteiger partial charge in [-0.15, -0.1) is 0 Å². The molecule has 6 nitrogen and oxygen atoms in total. The Morgan fingerprint density at radius 2 is 1.30 bits per heavy atom. The highest BCUT2D eigenvalue weighted by Crippen LogP contribution is 2.20. The lowest BCUT2D eigenvalue weighted by Crippen LogP contribution is -2.36. The number of hydrogen-bond donors (Lipinski definition) is 0. The van der Waals surface area contributed by atoms with Crippen molar-refractivity contribution >= 4 is 11.6 Å². The maximum atomic E-state index is 11.7. The number of rotatable bonds is 5. The zero-order valence-corrected chi connectivity index (χ0v) is 11.5. The average molecular weight is 282 g/mol. The van der Waals surface area contributed by atoms with Crippen LogP contribution in [-0.2, 0) is 28.5 Å². The van der Waals surface area contributed by atoms with E-state index in [9.17, 15) is 9.59 Å². The smallest absolute Gasteiger partial charge is 0.184 e. The second-order valence-electron chi connectivity index (χ2n) is 4.56. The SMILES string of the molecule is CO[C@H]1C=CC(=O)[C@H](CC[C@H]2O[C@H](OC)C=CC2=O)O1. The lowest BCUT2D eigenvalue weighted by Gasteiger charge is -2.27. The van der Waals surface area contributed by atoms with Crippen LogP contribution in [0.3, 0.4) is 0 Å². The molecule has 0 saturated carbocycles. The van der Waals surface area contributed by atoms with Gasteiger partial charge in [0.25, 0.3) is 0 Å². The predicted octanol–water partition coefficient (Wildman–Crippen LogP) is 0.760. The largest absolute Gasteiger partial charge is 0.352 e. The van der Waals surface area contributed by atoms with Crippen molar-refractivity contribution in [1.82, 2.24) is 0 Å². The van der Waals surface area contributed by atoms with E-state index >= 15 is 0 Å². The van der Waals surface area contributed by atoms with E-state index in [4.69, 9.17) is 18.9 Å². The molecule has 0 aromatic carbocycles. The molecule has 0 fully saturated rings. The zero-order valence-electron chi connectivity index (χ0n) is 11.5. The lowest BCUT2D eigenvalue weighted by atomic mass is 10.0. The number of carbonyl (C=O) groups excluding carboxylic acids is 2. The molecular formula is C14H18O6. The Morgan fingerprint density at radius 3 is 1.65 bits per heavy atom. The van der Waals surface area contributed by atoms with Gasteiger partial charge in [0.2, 0.25) is 0 Å². The molecule has 20 heavy (non-hydrogen) atoms. The number of carbonyl (C=O) groups is 2. The van der Waals surface area contributed by atoms with Gasteiger partial charge in [-0.05, 0) is 37.1 Å². The van der Waals surface area contributed by atoms with Crippen LogP contribution in [0, 0.1) is 0 Å². The van der Waals surface area contributed by atoms with E-state index in [-0.39, 0.29) is 11.6 Å². The Morgan fingerprint density at radius 1 is 0.900 bits per heavy atom. The van der Waals surface area contributed by atoms with Gasteiger partial charge in [0.15, 0.2) is 24.1 Å². The van der Waals surface area contributed by atoms with Crippen LogP contribution in [0.25, 0.3) is 0 Å². The maximum absolute atomic E-state index is 11.7. The van der Waals surface area contributed by atoms with E-state index in [1.165, 1.54) is 26.4 Å². The fourth-order valence-corrected chi connectivity index (χ4v) is 2.10. The summed E-state index contributed by atoms with van der Waals surface area (Å²) < 4.78 is 21.0. The first-order valence-corrected chi connectivity index (χ1v) is 6.44. The molecule has 0 N–H and O–H groups in total. The lowest BCUT2D eigenvalue weighted by molar-refractivity contribution is -0.165. The van der Waals surface area contributed by atoms with Crippen molar-refractivity contribution in [1.29, 1.82) is 0 Å². The number of ketones is 2. The molecule has 0 radical (unpaired) electrons. The van der Waals surface area contributed by atoms with Crippen molar-refractivity contribution in [2.45, 2.75) is 37.6 Å². The quantitative estimate of drug-likeness (QED) is 0.741. The summed E-state index contributed by atoms with van der Waals surface area (Å²) in [6, 6.07) is 0. The Hall–Kier alpha value is -1.34. The average Bonchev–Trinajstić information content (AvgIpc) is 2.48. The van der Waals surface area contributed by atoms with E-state index in [0.717, 1.165) is 0 Å². The molecule has 2 aliphatic heterocycles. The number of methoxy groups -OCH3 is 2. The molecule has 2 aliphatic rings. The minimum atomic E-state index is -0.603. The first kappa shape index (κ1) is 15.1. The number of ether oxygens (including phenoxy) is 4. The third-order valence-electron chi connectivity index (χ3n) is 3.22. The van der Waals surface area contributed by atoms with Crippen molar-refractivity contribution in [2.24, 2.45) is 0 Å². The van der Waals surface area contributed by atoms with Crippen LogP contribution in [0.1, 0.15) is 12.8 Å². The van der Waals surface area contributed by atoms with E-state index in [1.807, 2.05) is 0 Å². The summed E-state index contributed by atoms with van der Waals surface area (Å²) in [5, 5.41) is 0. The number of hydrogen-bond acceptors (Lipinski definition) is 6.